The molecule has 1 fully saturated rings. The van der Waals surface area contributed by atoms with Gasteiger partial charge in [-0.05, 0) is 36.9 Å². The van der Waals surface area contributed by atoms with Gasteiger partial charge in [-0.1, -0.05) is 6.07 Å². The Morgan fingerprint density at radius 1 is 1.35 bits per heavy atom. The quantitative estimate of drug-likeness (QED) is 0.663. The molecule has 1 aromatic rings. The van der Waals surface area contributed by atoms with E-state index < -0.39 is 5.97 Å². The van der Waals surface area contributed by atoms with Crippen molar-refractivity contribution in [1.82, 2.24) is 5.32 Å². The highest BCUT2D eigenvalue weighted by molar-refractivity contribution is 6.01. The molecule has 1 aromatic carbocycles. The van der Waals surface area contributed by atoms with Crippen molar-refractivity contribution in [3.05, 3.63) is 35.4 Å². The Labute approximate surface area is 141 Å². The van der Waals surface area contributed by atoms with Crippen molar-refractivity contribution in [3.63, 3.8) is 0 Å². The molecule has 23 heavy (non-hydrogen) atoms. The number of carbonyl (C=O) groups excluding carboxylic acids is 2. The SMILES string of the molecule is COC(=O)/C=C/c1ccc2c(c1)C(=O)CC1(CCNCC1)O2.Cl. The van der Waals surface area contributed by atoms with E-state index >= 15 is 0 Å². The van der Waals surface area contributed by atoms with Crippen LogP contribution in [0.5, 0.6) is 5.75 Å². The van der Waals surface area contributed by atoms with E-state index in [0.717, 1.165) is 31.5 Å². The summed E-state index contributed by atoms with van der Waals surface area (Å²) in [6, 6.07) is 5.42. The van der Waals surface area contributed by atoms with Gasteiger partial charge in [0.1, 0.15) is 11.4 Å². The third-order valence-electron chi connectivity index (χ3n) is 4.24. The fourth-order valence-electron chi connectivity index (χ4n) is 3.01. The zero-order chi connectivity index (χ0) is 15.6. The number of rotatable bonds is 2. The summed E-state index contributed by atoms with van der Waals surface area (Å²) in [5, 5.41) is 3.29. The van der Waals surface area contributed by atoms with E-state index in [2.05, 4.69) is 10.1 Å². The van der Waals surface area contributed by atoms with Gasteiger partial charge in [0.15, 0.2) is 5.78 Å². The first-order valence-corrected chi connectivity index (χ1v) is 7.45. The molecule has 1 saturated heterocycles. The highest BCUT2D eigenvalue weighted by Crippen LogP contribution is 2.38. The smallest absolute Gasteiger partial charge is 0.330 e. The number of hydrogen-bond acceptors (Lipinski definition) is 5. The molecule has 1 spiro atoms. The summed E-state index contributed by atoms with van der Waals surface area (Å²) < 4.78 is 10.7. The number of Topliss-reactive ketones (excluding diaryl/α,β-unsaturated/α-hetero) is 1. The number of hydrogen-bond donors (Lipinski definition) is 1. The van der Waals surface area contributed by atoms with E-state index in [1.165, 1.54) is 13.2 Å². The molecule has 2 heterocycles. The van der Waals surface area contributed by atoms with Gasteiger partial charge in [-0.15, -0.1) is 12.4 Å². The minimum absolute atomic E-state index is 0. The lowest BCUT2D eigenvalue weighted by atomic mass is 9.83. The van der Waals surface area contributed by atoms with Crippen LogP contribution in [0.15, 0.2) is 24.3 Å². The van der Waals surface area contributed by atoms with Gasteiger partial charge in [0.25, 0.3) is 0 Å². The first-order chi connectivity index (χ1) is 10.6. The molecule has 0 bridgehead atoms. The molecule has 5 nitrogen and oxygen atoms in total. The maximum absolute atomic E-state index is 12.5. The van der Waals surface area contributed by atoms with Crippen LogP contribution in [0.2, 0.25) is 0 Å². The van der Waals surface area contributed by atoms with Crippen molar-refractivity contribution in [2.75, 3.05) is 20.2 Å². The van der Waals surface area contributed by atoms with Crippen LogP contribution < -0.4 is 10.1 Å². The third kappa shape index (κ3) is 3.74. The molecular formula is C17H20ClNO4. The summed E-state index contributed by atoms with van der Waals surface area (Å²) >= 11 is 0. The number of piperidine rings is 1. The Kier molecular flexibility index (Phi) is 5.44. The van der Waals surface area contributed by atoms with E-state index in [1.54, 1.807) is 12.1 Å². The average Bonchev–Trinajstić information content (AvgIpc) is 2.53. The molecule has 2 aliphatic rings. The maximum atomic E-state index is 12.5. The number of ether oxygens (including phenoxy) is 2. The molecule has 0 amide bonds. The van der Waals surface area contributed by atoms with Gasteiger partial charge < -0.3 is 14.8 Å². The lowest BCUT2D eigenvalue weighted by Gasteiger charge is -2.40. The number of nitrogens with one attached hydrogen (secondary N) is 1. The van der Waals surface area contributed by atoms with Gasteiger partial charge in [-0.2, -0.15) is 0 Å². The molecule has 6 heteroatoms. The molecule has 1 N–H and O–H groups in total. The Morgan fingerprint density at radius 2 is 2.09 bits per heavy atom. The lowest BCUT2D eigenvalue weighted by molar-refractivity contribution is -0.134. The molecule has 0 aromatic heterocycles. The second-order valence-electron chi connectivity index (χ2n) is 5.75. The maximum Gasteiger partial charge on any atom is 0.330 e. The predicted molar refractivity (Wildman–Crippen MR) is 89.2 cm³/mol. The zero-order valence-corrected chi connectivity index (χ0v) is 13.8. The fourth-order valence-corrected chi connectivity index (χ4v) is 3.01. The largest absolute Gasteiger partial charge is 0.486 e. The molecule has 0 saturated carbocycles. The molecule has 0 radical (unpaired) electrons. The fraction of sp³-hybridized carbons (Fsp3) is 0.412. The van der Waals surface area contributed by atoms with Crippen LogP contribution in [0.3, 0.4) is 0 Å². The Hall–Kier alpha value is -1.85. The van der Waals surface area contributed by atoms with Crippen LogP contribution in [0.25, 0.3) is 6.08 Å². The number of benzene rings is 1. The number of methoxy groups -OCH3 is 1. The van der Waals surface area contributed by atoms with Crippen molar-refractivity contribution in [2.45, 2.75) is 24.9 Å². The van der Waals surface area contributed by atoms with Crippen LogP contribution in [-0.2, 0) is 9.53 Å². The molecule has 0 aliphatic carbocycles. The normalized spacial score (nSPS) is 18.9. The number of ketones is 1. The van der Waals surface area contributed by atoms with Gasteiger partial charge in [-0.25, -0.2) is 4.79 Å². The van der Waals surface area contributed by atoms with Gasteiger partial charge in [0, 0.05) is 18.9 Å². The molecule has 124 valence electrons. The molecule has 3 rings (SSSR count). The van der Waals surface area contributed by atoms with Crippen LogP contribution >= 0.6 is 12.4 Å². The predicted octanol–water partition coefficient (Wildman–Crippen LogP) is 2.38. The van der Waals surface area contributed by atoms with Gasteiger partial charge >= 0.3 is 5.97 Å². The highest BCUT2D eigenvalue weighted by Gasteiger charge is 2.41. The first-order valence-electron chi connectivity index (χ1n) is 7.45. The Balaban J connectivity index is 0.00000192. The van der Waals surface area contributed by atoms with Crippen molar-refractivity contribution >= 4 is 30.2 Å². The minimum atomic E-state index is -0.422. The summed E-state index contributed by atoms with van der Waals surface area (Å²) in [6.45, 7) is 1.76. The first kappa shape index (κ1) is 17.5. The van der Waals surface area contributed by atoms with Crippen molar-refractivity contribution in [2.24, 2.45) is 0 Å². The van der Waals surface area contributed by atoms with E-state index in [0.29, 0.717) is 17.7 Å². The van der Waals surface area contributed by atoms with Gasteiger partial charge in [0.2, 0.25) is 0 Å². The van der Waals surface area contributed by atoms with Crippen molar-refractivity contribution in [3.8, 4) is 5.75 Å². The molecule has 0 unspecified atom stereocenters. The van der Waals surface area contributed by atoms with Crippen LogP contribution in [-0.4, -0.2) is 37.6 Å². The number of esters is 1. The number of fused-ring (bicyclic) bond motifs is 1. The van der Waals surface area contributed by atoms with E-state index in [1.807, 2.05) is 12.1 Å². The summed E-state index contributed by atoms with van der Waals surface area (Å²) in [6.07, 6.45) is 5.09. The lowest BCUT2D eigenvalue weighted by Crippen LogP contribution is -2.49. The number of halogens is 1. The van der Waals surface area contributed by atoms with Gasteiger partial charge in [-0.3, -0.25) is 4.79 Å². The number of carbonyl (C=O) groups is 2. The second-order valence-corrected chi connectivity index (χ2v) is 5.75. The summed E-state index contributed by atoms with van der Waals surface area (Å²) in [4.78, 5) is 23.6. The van der Waals surface area contributed by atoms with Crippen molar-refractivity contribution in [1.29, 1.82) is 0 Å². The third-order valence-corrected chi connectivity index (χ3v) is 4.24. The summed E-state index contributed by atoms with van der Waals surface area (Å²) in [5.41, 5.74) is 1.03. The standard InChI is InChI=1S/C17H19NO4.ClH/c1-21-16(20)5-3-12-2-4-15-13(10-12)14(19)11-17(22-15)6-8-18-9-7-17;/h2-5,10,18H,6-9,11H2,1H3;1H/b5-3+;. The average molecular weight is 338 g/mol. The highest BCUT2D eigenvalue weighted by atomic mass is 35.5. The van der Waals surface area contributed by atoms with E-state index in [4.69, 9.17) is 4.74 Å². The van der Waals surface area contributed by atoms with E-state index in [9.17, 15) is 9.59 Å². The van der Waals surface area contributed by atoms with Crippen LogP contribution in [0, 0.1) is 0 Å². The molecular weight excluding hydrogens is 318 g/mol. The second kappa shape index (κ2) is 7.15. The Bertz CT molecular complexity index is 635. The monoisotopic (exact) mass is 337 g/mol. The molecule has 2 aliphatic heterocycles. The Morgan fingerprint density at radius 3 is 2.78 bits per heavy atom. The van der Waals surface area contributed by atoms with Gasteiger partial charge in [0.05, 0.1) is 19.1 Å². The van der Waals surface area contributed by atoms with Crippen LogP contribution in [0.1, 0.15) is 35.2 Å². The summed E-state index contributed by atoms with van der Waals surface area (Å²) in [7, 11) is 1.33. The van der Waals surface area contributed by atoms with E-state index in [-0.39, 0.29) is 23.8 Å². The summed E-state index contributed by atoms with van der Waals surface area (Å²) in [5.74, 6) is 0.332. The minimum Gasteiger partial charge on any atom is -0.486 e. The van der Waals surface area contributed by atoms with Crippen LogP contribution in [0.4, 0.5) is 0 Å². The van der Waals surface area contributed by atoms with Crippen molar-refractivity contribution < 1.29 is 19.1 Å². The topological polar surface area (TPSA) is 64.6 Å². The zero-order valence-electron chi connectivity index (χ0n) is 13.0. The molecule has 0 atom stereocenters.